The van der Waals surface area contributed by atoms with Crippen LogP contribution in [0.15, 0.2) is 29.2 Å². The molecule has 2 rings (SSSR count). The third-order valence-corrected chi connectivity index (χ3v) is 5.07. The standard InChI is InChI=1S/C15H22N2O3S/c1-11(13-4-3-9-16-10-13)17-15(18)12-5-7-14(8-6-12)21(2,19)20/h5-8,11,13,16H,3-4,9-10H2,1-2H3,(H,17,18). The predicted molar refractivity (Wildman–Crippen MR) is 82.1 cm³/mol. The van der Waals surface area contributed by atoms with Gasteiger partial charge in [-0.15, -0.1) is 0 Å². The number of carbonyl (C=O) groups excluding carboxylic acids is 1. The monoisotopic (exact) mass is 310 g/mol. The summed E-state index contributed by atoms with van der Waals surface area (Å²) < 4.78 is 22.8. The fourth-order valence-electron chi connectivity index (χ4n) is 2.57. The first kappa shape index (κ1) is 16.0. The van der Waals surface area contributed by atoms with Crippen molar-refractivity contribution in [2.24, 2.45) is 5.92 Å². The summed E-state index contributed by atoms with van der Waals surface area (Å²) in [6.45, 7) is 3.99. The molecule has 0 aromatic heterocycles. The van der Waals surface area contributed by atoms with E-state index < -0.39 is 9.84 Å². The molecule has 1 amide bonds. The van der Waals surface area contributed by atoms with Crippen molar-refractivity contribution in [3.8, 4) is 0 Å². The summed E-state index contributed by atoms with van der Waals surface area (Å²) in [5.74, 6) is 0.283. The quantitative estimate of drug-likeness (QED) is 0.876. The van der Waals surface area contributed by atoms with E-state index in [9.17, 15) is 13.2 Å². The fraction of sp³-hybridized carbons (Fsp3) is 0.533. The van der Waals surface area contributed by atoms with E-state index in [0.717, 1.165) is 32.2 Å². The van der Waals surface area contributed by atoms with E-state index >= 15 is 0 Å². The number of nitrogens with one attached hydrogen (secondary N) is 2. The Labute approximate surface area is 126 Å². The van der Waals surface area contributed by atoms with Crippen LogP contribution in [0.5, 0.6) is 0 Å². The lowest BCUT2D eigenvalue weighted by Crippen LogP contribution is -2.44. The van der Waals surface area contributed by atoms with Gasteiger partial charge in [-0.05, 0) is 63.0 Å². The number of carbonyl (C=O) groups is 1. The van der Waals surface area contributed by atoms with Crippen LogP contribution in [0.25, 0.3) is 0 Å². The van der Waals surface area contributed by atoms with Crippen LogP contribution in [0.4, 0.5) is 0 Å². The topological polar surface area (TPSA) is 75.3 Å². The summed E-state index contributed by atoms with van der Waals surface area (Å²) >= 11 is 0. The Morgan fingerprint density at radius 2 is 2.00 bits per heavy atom. The van der Waals surface area contributed by atoms with E-state index in [1.54, 1.807) is 12.1 Å². The highest BCUT2D eigenvalue weighted by atomic mass is 32.2. The van der Waals surface area contributed by atoms with Crippen LogP contribution in [0.1, 0.15) is 30.1 Å². The summed E-state index contributed by atoms with van der Waals surface area (Å²) in [5.41, 5.74) is 0.484. The molecule has 5 nitrogen and oxygen atoms in total. The molecule has 1 fully saturated rings. The maximum absolute atomic E-state index is 12.2. The summed E-state index contributed by atoms with van der Waals surface area (Å²) in [6.07, 6.45) is 3.40. The highest BCUT2D eigenvalue weighted by molar-refractivity contribution is 7.90. The average Bonchev–Trinajstić information content (AvgIpc) is 2.47. The van der Waals surface area contributed by atoms with Gasteiger partial charge in [0.15, 0.2) is 9.84 Å². The van der Waals surface area contributed by atoms with Crippen molar-refractivity contribution in [3.63, 3.8) is 0 Å². The van der Waals surface area contributed by atoms with Gasteiger partial charge in [-0.2, -0.15) is 0 Å². The minimum atomic E-state index is -3.23. The molecule has 0 saturated carbocycles. The highest BCUT2D eigenvalue weighted by Crippen LogP contribution is 2.15. The molecule has 2 unspecified atom stereocenters. The first-order valence-electron chi connectivity index (χ1n) is 7.19. The summed E-state index contributed by atoms with van der Waals surface area (Å²) in [5, 5.41) is 6.33. The van der Waals surface area contributed by atoms with Crippen LogP contribution in [0, 0.1) is 5.92 Å². The SMILES string of the molecule is CC(NC(=O)c1ccc(S(C)(=O)=O)cc1)C1CCCNC1. The molecule has 1 heterocycles. The van der Waals surface area contributed by atoms with Crippen molar-refractivity contribution in [2.45, 2.75) is 30.7 Å². The number of hydrogen-bond donors (Lipinski definition) is 2. The van der Waals surface area contributed by atoms with E-state index in [4.69, 9.17) is 0 Å². The highest BCUT2D eigenvalue weighted by Gasteiger charge is 2.21. The van der Waals surface area contributed by atoms with E-state index in [1.165, 1.54) is 12.1 Å². The number of hydrogen-bond acceptors (Lipinski definition) is 4. The maximum atomic E-state index is 12.2. The third kappa shape index (κ3) is 4.28. The molecule has 21 heavy (non-hydrogen) atoms. The number of sulfone groups is 1. The van der Waals surface area contributed by atoms with Crippen LogP contribution in [0.2, 0.25) is 0 Å². The lowest BCUT2D eigenvalue weighted by Gasteiger charge is -2.28. The number of piperidine rings is 1. The Morgan fingerprint density at radius 3 is 2.52 bits per heavy atom. The lowest BCUT2D eigenvalue weighted by atomic mass is 9.92. The largest absolute Gasteiger partial charge is 0.349 e. The Hall–Kier alpha value is -1.40. The van der Waals surface area contributed by atoms with Gasteiger partial charge in [-0.1, -0.05) is 0 Å². The van der Waals surface area contributed by atoms with Gasteiger partial charge >= 0.3 is 0 Å². The van der Waals surface area contributed by atoms with Gasteiger partial charge in [0.2, 0.25) is 0 Å². The van der Waals surface area contributed by atoms with Crippen LogP contribution in [0.3, 0.4) is 0 Å². The summed E-state index contributed by atoms with van der Waals surface area (Å²) in [7, 11) is -3.23. The third-order valence-electron chi connectivity index (χ3n) is 3.95. The molecule has 1 saturated heterocycles. The summed E-state index contributed by atoms with van der Waals surface area (Å²) in [6, 6.07) is 6.14. The summed E-state index contributed by atoms with van der Waals surface area (Å²) in [4.78, 5) is 12.4. The van der Waals surface area contributed by atoms with Gasteiger partial charge in [-0.25, -0.2) is 8.42 Å². The van der Waals surface area contributed by atoms with Gasteiger partial charge in [-0.3, -0.25) is 4.79 Å². The average molecular weight is 310 g/mol. The predicted octanol–water partition coefficient (Wildman–Crippen LogP) is 1.21. The van der Waals surface area contributed by atoms with E-state index in [0.29, 0.717) is 11.5 Å². The van der Waals surface area contributed by atoms with Gasteiger partial charge in [0.25, 0.3) is 5.91 Å². The van der Waals surface area contributed by atoms with Crippen molar-refractivity contribution >= 4 is 15.7 Å². The van der Waals surface area contributed by atoms with Gasteiger partial charge in [0.1, 0.15) is 0 Å². The van der Waals surface area contributed by atoms with E-state index in [-0.39, 0.29) is 16.8 Å². The molecule has 2 N–H and O–H groups in total. The minimum Gasteiger partial charge on any atom is -0.349 e. The molecule has 116 valence electrons. The maximum Gasteiger partial charge on any atom is 0.251 e. The van der Waals surface area contributed by atoms with Crippen LogP contribution in [-0.4, -0.2) is 39.7 Å². The molecule has 1 aliphatic heterocycles. The normalized spacial score (nSPS) is 20.8. The molecule has 1 aromatic rings. The lowest BCUT2D eigenvalue weighted by molar-refractivity contribution is 0.0922. The van der Waals surface area contributed by atoms with Crippen LogP contribution < -0.4 is 10.6 Å². The smallest absolute Gasteiger partial charge is 0.251 e. The van der Waals surface area contributed by atoms with Crippen LogP contribution in [-0.2, 0) is 9.84 Å². The van der Waals surface area contributed by atoms with Gasteiger partial charge in [0, 0.05) is 17.9 Å². The van der Waals surface area contributed by atoms with Crippen molar-refractivity contribution < 1.29 is 13.2 Å². The number of benzene rings is 1. The molecule has 0 aliphatic carbocycles. The zero-order valence-electron chi connectivity index (χ0n) is 12.4. The first-order chi connectivity index (χ1) is 9.88. The zero-order valence-corrected chi connectivity index (χ0v) is 13.2. The van der Waals surface area contributed by atoms with E-state index in [2.05, 4.69) is 10.6 Å². The Kier molecular flexibility index (Phi) is 5.00. The molecule has 0 spiro atoms. The molecule has 2 atom stereocenters. The fourth-order valence-corrected chi connectivity index (χ4v) is 3.20. The second-order valence-corrected chi connectivity index (χ2v) is 7.68. The van der Waals surface area contributed by atoms with Gasteiger partial charge in [0.05, 0.1) is 4.90 Å². The molecular weight excluding hydrogens is 288 g/mol. The molecule has 0 radical (unpaired) electrons. The second kappa shape index (κ2) is 6.58. The van der Waals surface area contributed by atoms with Crippen molar-refractivity contribution in [3.05, 3.63) is 29.8 Å². The zero-order chi connectivity index (χ0) is 15.5. The molecule has 0 bridgehead atoms. The molecule has 1 aromatic carbocycles. The molecular formula is C15H22N2O3S. The van der Waals surface area contributed by atoms with Crippen molar-refractivity contribution in [2.75, 3.05) is 19.3 Å². The molecule has 6 heteroatoms. The Morgan fingerprint density at radius 1 is 1.33 bits per heavy atom. The molecule has 1 aliphatic rings. The minimum absolute atomic E-state index is 0.0971. The Balaban J connectivity index is 1.99. The van der Waals surface area contributed by atoms with Crippen LogP contribution >= 0.6 is 0 Å². The van der Waals surface area contributed by atoms with Gasteiger partial charge < -0.3 is 10.6 Å². The van der Waals surface area contributed by atoms with Crippen molar-refractivity contribution in [1.29, 1.82) is 0 Å². The Bertz CT molecular complexity index is 590. The first-order valence-corrected chi connectivity index (χ1v) is 9.09. The number of rotatable bonds is 4. The van der Waals surface area contributed by atoms with Crippen molar-refractivity contribution in [1.82, 2.24) is 10.6 Å². The second-order valence-electron chi connectivity index (χ2n) is 5.67. The number of amides is 1. The van der Waals surface area contributed by atoms with E-state index in [1.807, 2.05) is 6.92 Å².